The second-order valence-corrected chi connectivity index (χ2v) is 8.48. The third-order valence-corrected chi connectivity index (χ3v) is 5.86. The van der Waals surface area contributed by atoms with E-state index >= 15 is 0 Å². The van der Waals surface area contributed by atoms with Gasteiger partial charge in [-0.1, -0.05) is 25.3 Å². The first-order valence-corrected chi connectivity index (χ1v) is 7.90. The summed E-state index contributed by atoms with van der Waals surface area (Å²) in [5.74, 6) is 0.748. The van der Waals surface area contributed by atoms with Gasteiger partial charge in [0, 0.05) is 6.04 Å². The molecule has 2 fully saturated rings. The van der Waals surface area contributed by atoms with Crippen LogP contribution in [0, 0.1) is 5.92 Å². The topological polar surface area (TPSA) is 20.1 Å². The predicted molar refractivity (Wildman–Crippen MR) is 74.1 cm³/mol. The van der Waals surface area contributed by atoms with Crippen molar-refractivity contribution >= 4 is 11.0 Å². The molecule has 1 saturated carbocycles. The molecular formula is C14H25NOS. The number of nitrogens with zero attached hydrogens (tertiary/aromatic N) is 1. The van der Waals surface area contributed by atoms with Gasteiger partial charge in [0.15, 0.2) is 0 Å². The molecule has 2 aliphatic rings. The Balaban J connectivity index is 2.04. The van der Waals surface area contributed by atoms with Crippen molar-refractivity contribution in [3.8, 4) is 0 Å². The van der Waals surface area contributed by atoms with Crippen molar-refractivity contribution in [1.82, 2.24) is 4.31 Å². The van der Waals surface area contributed by atoms with Crippen LogP contribution < -0.4 is 0 Å². The van der Waals surface area contributed by atoms with Crippen LogP contribution in [0.25, 0.3) is 0 Å². The van der Waals surface area contributed by atoms with E-state index in [1.807, 2.05) is 6.08 Å². The van der Waals surface area contributed by atoms with Crippen molar-refractivity contribution in [2.75, 3.05) is 0 Å². The molecule has 2 nitrogen and oxygen atoms in total. The van der Waals surface area contributed by atoms with Crippen molar-refractivity contribution < 1.29 is 4.21 Å². The van der Waals surface area contributed by atoms with Gasteiger partial charge in [0.05, 0.1) is 10.8 Å². The molecule has 2 rings (SSSR count). The van der Waals surface area contributed by atoms with Crippen molar-refractivity contribution in [3.63, 3.8) is 0 Å². The first-order valence-electron chi connectivity index (χ1n) is 6.79. The van der Waals surface area contributed by atoms with E-state index in [0.717, 1.165) is 5.92 Å². The van der Waals surface area contributed by atoms with E-state index in [4.69, 9.17) is 0 Å². The molecule has 1 aliphatic carbocycles. The SMILES string of the molecule is C=C[C@H]1[C@H](C2CCCCC2)N1S(=O)C(C)(C)C. The largest absolute Gasteiger partial charge is 0.242 e. The average Bonchev–Trinajstić information content (AvgIpc) is 3.02. The fourth-order valence-corrected chi connectivity index (χ4v) is 4.52. The summed E-state index contributed by atoms with van der Waals surface area (Å²) in [6.45, 7) is 10.1. The summed E-state index contributed by atoms with van der Waals surface area (Å²) in [5, 5.41) is 0. The molecule has 0 N–H and O–H groups in total. The quantitative estimate of drug-likeness (QED) is 0.560. The van der Waals surface area contributed by atoms with Crippen LogP contribution in [0.1, 0.15) is 52.9 Å². The van der Waals surface area contributed by atoms with E-state index in [1.54, 1.807) is 0 Å². The van der Waals surface area contributed by atoms with E-state index in [0.29, 0.717) is 12.1 Å². The lowest BCUT2D eigenvalue weighted by Crippen LogP contribution is -2.30. The minimum Gasteiger partial charge on any atom is -0.242 e. The lowest BCUT2D eigenvalue weighted by Gasteiger charge is -2.23. The van der Waals surface area contributed by atoms with Gasteiger partial charge in [0.2, 0.25) is 0 Å². The summed E-state index contributed by atoms with van der Waals surface area (Å²) in [6, 6.07) is 0.867. The second kappa shape index (κ2) is 4.85. The van der Waals surface area contributed by atoms with Gasteiger partial charge < -0.3 is 0 Å². The summed E-state index contributed by atoms with van der Waals surface area (Å²) < 4.78 is 14.5. The highest BCUT2D eigenvalue weighted by atomic mass is 32.2. The highest BCUT2D eigenvalue weighted by molar-refractivity contribution is 7.84. The normalized spacial score (nSPS) is 36.5. The van der Waals surface area contributed by atoms with Gasteiger partial charge in [-0.15, -0.1) is 6.58 Å². The molecule has 0 aromatic heterocycles. The highest BCUT2D eigenvalue weighted by Crippen LogP contribution is 2.44. The van der Waals surface area contributed by atoms with E-state index < -0.39 is 11.0 Å². The third kappa shape index (κ3) is 2.65. The Morgan fingerprint density at radius 2 is 1.82 bits per heavy atom. The van der Waals surface area contributed by atoms with E-state index in [2.05, 4.69) is 31.7 Å². The fourth-order valence-electron chi connectivity index (χ4n) is 2.99. The van der Waals surface area contributed by atoms with E-state index in [1.165, 1.54) is 32.1 Å². The third-order valence-electron chi connectivity index (χ3n) is 3.94. The summed E-state index contributed by atoms with van der Waals surface area (Å²) >= 11 is 0. The second-order valence-electron chi connectivity index (χ2n) is 6.34. The molecule has 98 valence electrons. The predicted octanol–water partition coefficient (Wildman–Crippen LogP) is 3.27. The van der Waals surface area contributed by atoms with Gasteiger partial charge in [0.25, 0.3) is 0 Å². The zero-order chi connectivity index (χ0) is 12.6. The van der Waals surface area contributed by atoms with Gasteiger partial charge in [-0.3, -0.25) is 0 Å². The Labute approximate surface area is 108 Å². The number of hydrogen-bond donors (Lipinski definition) is 0. The standard InChI is InChI=1S/C14H25NOS/c1-5-12-13(11-9-7-6-8-10-11)15(12)17(16)14(2,3)4/h5,11-13H,1,6-10H2,2-4H3/t12-,13-,15?,17?/m0/s1. The Kier molecular flexibility index (Phi) is 3.79. The van der Waals surface area contributed by atoms with Gasteiger partial charge >= 0.3 is 0 Å². The summed E-state index contributed by atoms with van der Waals surface area (Å²) in [6.07, 6.45) is 8.69. The molecule has 2 unspecified atom stereocenters. The van der Waals surface area contributed by atoms with Gasteiger partial charge in [-0.25, -0.2) is 8.51 Å². The zero-order valence-electron chi connectivity index (χ0n) is 11.3. The van der Waals surface area contributed by atoms with Crippen LogP contribution in [0.4, 0.5) is 0 Å². The Morgan fingerprint density at radius 1 is 1.24 bits per heavy atom. The van der Waals surface area contributed by atoms with Crippen LogP contribution in [0.5, 0.6) is 0 Å². The Morgan fingerprint density at radius 3 is 2.29 bits per heavy atom. The van der Waals surface area contributed by atoms with Crippen molar-refractivity contribution in [2.24, 2.45) is 5.92 Å². The maximum Gasteiger partial charge on any atom is 0.101 e. The van der Waals surface area contributed by atoms with E-state index in [9.17, 15) is 4.21 Å². The lowest BCUT2D eigenvalue weighted by atomic mass is 9.86. The lowest BCUT2D eigenvalue weighted by molar-refractivity contribution is 0.337. The summed E-state index contributed by atoms with van der Waals surface area (Å²) in [7, 11) is -0.878. The number of rotatable bonds is 3. The summed E-state index contributed by atoms with van der Waals surface area (Å²) in [5.41, 5.74) is 0. The first-order chi connectivity index (χ1) is 7.96. The molecule has 0 bridgehead atoms. The zero-order valence-corrected chi connectivity index (χ0v) is 12.1. The Bertz CT molecular complexity index is 315. The van der Waals surface area contributed by atoms with Crippen molar-refractivity contribution in [3.05, 3.63) is 12.7 Å². The van der Waals surface area contributed by atoms with Crippen molar-refractivity contribution in [1.29, 1.82) is 0 Å². The van der Waals surface area contributed by atoms with Crippen LogP contribution in [0.3, 0.4) is 0 Å². The smallest absolute Gasteiger partial charge is 0.101 e. The molecule has 1 saturated heterocycles. The maximum absolute atomic E-state index is 12.4. The van der Waals surface area contributed by atoms with Crippen LogP contribution in [-0.2, 0) is 11.0 Å². The van der Waals surface area contributed by atoms with E-state index in [-0.39, 0.29) is 4.75 Å². The molecule has 4 atom stereocenters. The van der Waals surface area contributed by atoms with Crippen LogP contribution in [0.2, 0.25) is 0 Å². The monoisotopic (exact) mass is 255 g/mol. The molecule has 0 aromatic rings. The van der Waals surface area contributed by atoms with Crippen LogP contribution in [-0.4, -0.2) is 25.3 Å². The molecule has 0 aromatic carbocycles. The molecule has 0 spiro atoms. The van der Waals surface area contributed by atoms with Gasteiger partial charge in [-0.2, -0.15) is 0 Å². The first kappa shape index (κ1) is 13.3. The fraction of sp³-hybridized carbons (Fsp3) is 0.857. The van der Waals surface area contributed by atoms with Gasteiger partial charge in [0.1, 0.15) is 11.0 Å². The molecule has 0 amide bonds. The van der Waals surface area contributed by atoms with Crippen LogP contribution in [0.15, 0.2) is 12.7 Å². The summed E-state index contributed by atoms with van der Waals surface area (Å²) in [4.78, 5) is 0. The van der Waals surface area contributed by atoms with Gasteiger partial charge in [-0.05, 0) is 39.5 Å². The minimum absolute atomic E-state index is 0.148. The minimum atomic E-state index is -0.878. The average molecular weight is 255 g/mol. The molecular weight excluding hydrogens is 230 g/mol. The molecule has 1 aliphatic heterocycles. The Hall–Kier alpha value is -0.150. The maximum atomic E-state index is 12.4. The molecule has 17 heavy (non-hydrogen) atoms. The number of hydrogen-bond acceptors (Lipinski definition) is 1. The van der Waals surface area contributed by atoms with Crippen molar-refractivity contribution in [2.45, 2.75) is 69.7 Å². The molecule has 1 heterocycles. The molecule has 3 heteroatoms. The van der Waals surface area contributed by atoms with Crippen LogP contribution >= 0.6 is 0 Å². The highest BCUT2D eigenvalue weighted by Gasteiger charge is 2.55. The molecule has 0 radical (unpaired) electrons.